The Morgan fingerprint density at radius 3 is 2.18 bits per heavy atom. The van der Waals surface area contributed by atoms with Gasteiger partial charge in [-0.2, -0.15) is 13.2 Å². The van der Waals surface area contributed by atoms with Crippen molar-refractivity contribution in [1.29, 1.82) is 0 Å². The van der Waals surface area contributed by atoms with E-state index in [0.717, 1.165) is 29.7 Å². The van der Waals surface area contributed by atoms with Crippen LogP contribution in [0, 0.1) is 0 Å². The number of hydrogen-bond acceptors (Lipinski definition) is 4. The first-order valence-corrected chi connectivity index (χ1v) is 6.90. The molecule has 22 heavy (non-hydrogen) atoms. The average Bonchev–Trinajstić information content (AvgIpc) is 2.49. The maximum Gasteiger partial charge on any atom is 0.416 e. The summed E-state index contributed by atoms with van der Waals surface area (Å²) in [6.07, 6.45) is 0.335. The van der Waals surface area contributed by atoms with Gasteiger partial charge in [0.05, 0.1) is 5.56 Å². The summed E-state index contributed by atoms with van der Waals surface area (Å²) in [4.78, 5) is 8.32. The van der Waals surface area contributed by atoms with Gasteiger partial charge in [0.2, 0.25) is 5.95 Å². The van der Waals surface area contributed by atoms with Gasteiger partial charge in [0.15, 0.2) is 0 Å². The zero-order chi connectivity index (χ0) is 16.0. The number of nitrogens with one attached hydrogen (secondary N) is 1. The zero-order valence-electron chi connectivity index (χ0n) is 11.9. The Balaban J connectivity index is 1.96. The van der Waals surface area contributed by atoms with E-state index >= 15 is 0 Å². The van der Waals surface area contributed by atoms with Crippen molar-refractivity contribution in [2.24, 2.45) is 5.73 Å². The topological polar surface area (TPSA) is 63.8 Å². The Morgan fingerprint density at radius 1 is 1.00 bits per heavy atom. The monoisotopic (exact) mass is 310 g/mol. The molecule has 0 amide bonds. The van der Waals surface area contributed by atoms with Gasteiger partial charge in [-0.05, 0) is 36.2 Å². The van der Waals surface area contributed by atoms with Gasteiger partial charge in [-0.25, -0.2) is 9.97 Å². The fraction of sp³-hybridized carbons (Fsp3) is 0.333. The molecule has 3 N–H and O–H groups in total. The van der Waals surface area contributed by atoms with Crippen LogP contribution < -0.4 is 11.1 Å². The van der Waals surface area contributed by atoms with E-state index in [9.17, 15) is 13.2 Å². The fourth-order valence-corrected chi connectivity index (χ4v) is 1.89. The highest BCUT2D eigenvalue weighted by Crippen LogP contribution is 2.29. The Bertz CT molecular complexity index is 579. The van der Waals surface area contributed by atoms with Crippen molar-refractivity contribution in [1.82, 2.24) is 9.97 Å². The Morgan fingerprint density at radius 2 is 1.64 bits per heavy atom. The van der Waals surface area contributed by atoms with E-state index in [0.29, 0.717) is 25.5 Å². The molecular weight excluding hydrogens is 293 g/mol. The number of alkyl halides is 3. The van der Waals surface area contributed by atoms with Crippen LogP contribution in [0.5, 0.6) is 0 Å². The lowest BCUT2D eigenvalue weighted by molar-refractivity contribution is -0.137. The molecule has 2 rings (SSSR count). The molecule has 0 aliphatic heterocycles. The summed E-state index contributed by atoms with van der Waals surface area (Å²) < 4.78 is 37.5. The molecule has 0 saturated heterocycles. The minimum atomic E-state index is -4.31. The van der Waals surface area contributed by atoms with Crippen molar-refractivity contribution in [3.05, 3.63) is 53.3 Å². The largest absolute Gasteiger partial charge is 0.416 e. The molecule has 1 aromatic heterocycles. The molecular formula is C15H17F3N4. The third kappa shape index (κ3) is 4.70. The molecule has 1 heterocycles. The molecule has 4 nitrogen and oxygen atoms in total. The lowest BCUT2D eigenvalue weighted by atomic mass is 10.1. The van der Waals surface area contributed by atoms with E-state index in [1.807, 2.05) is 0 Å². The maximum absolute atomic E-state index is 12.5. The van der Waals surface area contributed by atoms with E-state index in [2.05, 4.69) is 15.3 Å². The van der Waals surface area contributed by atoms with Crippen LogP contribution in [0.3, 0.4) is 0 Å². The summed E-state index contributed by atoms with van der Waals surface area (Å²) >= 11 is 0. The lowest BCUT2D eigenvalue weighted by Gasteiger charge is -2.08. The second kappa shape index (κ2) is 7.22. The van der Waals surface area contributed by atoms with Crippen molar-refractivity contribution in [3.8, 4) is 0 Å². The molecule has 0 radical (unpaired) electrons. The molecule has 0 unspecified atom stereocenters. The molecule has 0 saturated carbocycles. The number of anilines is 1. The molecule has 118 valence electrons. The molecule has 2 aromatic rings. The van der Waals surface area contributed by atoms with Gasteiger partial charge in [-0.15, -0.1) is 0 Å². The van der Waals surface area contributed by atoms with Crippen LogP contribution >= 0.6 is 0 Å². The summed E-state index contributed by atoms with van der Waals surface area (Å²) in [5.41, 5.74) is 6.36. The minimum Gasteiger partial charge on any atom is -0.354 e. The van der Waals surface area contributed by atoms with Crippen molar-refractivity contribution in [3.63, 3.8) is 0 Å². The molecule has 0 atom stereocenters. The first-order valence-electron chi connectivity index (χ1n) is 6.90. The Labute approximate surface area is 126 Å². The zero-order valence-corrected chi connectivity index (χ0v) is 11.9. The normalized spacial score (nSPS) is 11.5. The first kappa shape index (κ1) is 16.2. The van der Waals surface area contributed by atoms with Crippen molar-refractivity contribution in [2.75, 3.05) is 18.4 Å². The molecule has 7 heteroatoms. The van der Waals surface area contributed by atoms with Crippen molar-refractivity contribution >= 4 is 5.95 Å². The predicted octanol–water partition coefficient (Wildman–Crippen LogP) is 2.85. The predicted molar refractivity (Wildman–Crippen MR) is 78.4 cm³/mol. The molecule has 0 bridgehead atoms. The van der Waals surface area contributed by atoms with E-state index in [-0.39, 0.29) is 0 Å². The van der Waals surface area contributed by atoms with Gasteiger partial charge in [0.25, 0.3) is 0 Å². The van der Waals surface area contributed by atoms with Crippen molar-refractivity contribution in [2.45, 2.75) is 19.0 Å². The molecule has 1 aromatic carbocycles. The first-order chi connectivity index (χ1) is 10.5. The molecule has 0 fully saturated rings. The van der Waals surface area contributed by atoms with Gasteiger partial charge < -0.3 is 11.1 Å². The molecule has 0 aliphatic carbocycles. The van der Waals surface area contributed by atoms with E-state index in [1.54, 1.807) is 12.4 Å². The van der Waals surface area contributed by atoms with Gasteiger partial charge in [0, 0.05) is 25.4 Å². The third-order valence-electron chi connectivity index (χ3n) is 3.06. The number of benzene rings is 1. The van der Waals surface area contributed by atoms with Crippen LogP contribution in [0.15, 0.2) is 36.7 Å². The standard InChI is InChI=1S/C15H17F3N4/c16-15(17,18)13-4-2-11(3-5-13)8-12-9-21-14(22-10-12)20-7-1-6-19/h2-5,9-10H,1,6-8,19H2,(H,20,21,22). The van der Waals surface area contributed by atoms with Crippen LogP contribution in [-0.2, 0) is 12.6 Å². The lowest BCUT2D eigenvalue weighted by Crippen LogP contribution is -2.10. The van der Waals surface area contributed by atoms with Crippen LogP contribution in [-0.4, -0.2) is 23.1 Å². The van der Waals surface area contributed by atoms with Crippen molar-refractivity contribution < 1.29 is 13.2 Å². The van der Waals surface area contributed by atoms with Crippen LogP contribution in [0.1, 0.15) is 23.1 Å². The minimum absolute atomic E-state index is 0.487. The summed E-state index contributed by atoms with van der Waals surface area (Å²) in [7, 11) is 0. The Kier molecular flexibility index (Phi) is 5.32. The number of nitrogens with zero attached hydrogens (tertiary/aromatic N) is 2. The van der Waals surface area contributed by atoms with Gasteiger partial charge >= 0.3 is 6.18 Å². The van der Waals surface area contributed by atoms with Crippen LogP contribution in [0.2, 0.25) is 0 Å². The van der Waals surface area contributed by atoms with Crippen LogP contribution in [0.4, 0.5) is 19.1 Å². The smallest absolute Gasteiger partial charge is 0.354 e. The highest BCUT2D eigenvalue weighted by molar-refractivity contribution is 5.30. The summed E-state index contributed by atoms with van der Waals surface area (Å²) in [5, 5.41) is 3.03. The van der Waals surface area contributed by atoms with E-state index in [1.165, 1.54) is 12.1 Å². The number of halogens is 3. The van der Waals surface area contributed by atoms with Gasteiger partial charge in [0.1, 0.15) is 0 Å². The number of aromatic nitrogens is 2. The highest BCUT2D eigenvalue weighted by atomic mass is 19.4. The average molecular weight is 310 g/mol. The summed E-state index contributed by atoms with van der Waals surface area (Å²) in [5.74, 6) is 0.518. The highest BCUT2D eigenvalue weighted by Gasteiger charge is 2.29. The fourth-order valence-electron chi connectivity index (χ4n) is 1.89. The summed E-state index contributed by atoms with van der Waals surface area (Å²) in [6.45, 7) is 1.30. The van der Waals surface area contributed by atoms with E-state index < -0.39 is 11.7 Å². The van der Waals surface area contributed by atoms with Gasteiger partial charge in [-0.1, -0.05) is 12.1 Å². The quantitative estimate of drug-likeness (QED) is 0.805. The SMILES string of the molecule is NCCCNc1ncc(Cc2ccc(C(F)(F)F)cc2)cn1. The third-order valence-corrected chi connectivity index (χ3v) is 3.06. The number of rotatable bonds is 6. The molecule has 0 aliphatic rings. The second-order valence-electron chi connectivity index (χ2n) is 4.86. The summed E-state index contributed by atoms with van der Waals surface area (Å²) in [6, 6.07) is 5.10. The number of nitrogens with two attached hydrogens (primary N) is 1. The maximum atomic E-state index is 12.5. The Hall–Kier alpha value is -2.15. The number of hydrogen-bond donors (Lipinski definition) is 2. The second-order valence-corrected chi connectivity index (χ2v) is 4.86. The van der Waals surface area contributed by atoms with E-state index in [4.69, 9.17) is 5.73 Å². The van der Waals surface area contributed by atoms with Gasteiger partial charge in [-0.3, -0.25) is 0 Å². The van der Waals surface area contributed by atoms with Crippen LogP contribution in [0.25, 0.3) is 0 Å². The molecule has 0 spiro atoms.